The lowest BCUT2D eigenvalue weighted by molar-refractivity contribution is 0.104. The molecule has 1 aromatic heterocycles. The van der Waals surface area contributed by atoms with E-state index in [1.165, 1.54) is 11.3 Å². The Morgan fingerprint density at radius 2 is 2.06 bits per heavy atom. The lowest BCUT2D eigenvalue weighted by atomic mass is 10.1. The Bertz CT molecular complexity index is 570. The fourth-order valence-electron chi connectivity index (χ4n) is 1.53. The second-order valence-electron chi connectivity index (χ2n) is 3.78. The van der Waals surface area contributed by atoms with Gasteiger partial charge in [-0.2, -0.15) is 0 Å². The van der Waals surface area contributed by atoms with E-state index in [-0.39, 0.29) is 5.78 Å². The average molecular weight is 421 g/mol. The molecule has 0 N–H and O–H groups in total. The zero-order valence-electron chi connectivity index (χ0n) is 9.38. The minimum atomic E-state index is 0.108. The topological polar surface area (TPSA) is 17.1 Å². The number of carbonyl (C=O) groups is 1. The summed E-state index contributed by atoms with van der Waals surface area (Å²) in [6, 6.07) is 7.75. The molecule has 88 valence electrons. The minimum Gasteiger partial charge on any atom is -0.288 e. The number of rotatable bonds is 2. The summed E-state index contributed by atoms with van der Waals surface area (Å²) < 4.78 is 2.05. The van der Waals surface area contributed by atoms with E-state index in [1.54, 1.807) is 0 Å². The molecule has 0 fully saturated rings. The van der Waals surface area contributed by atoms with E-state index in [0.717, 1.165) is 28.9 Å². The predicted molar refractivity (Wildman–Crippen MR) is 84.1 cm³/mol. The summed E-state index contributed by atoms with van der Waals surface area (Å²) in [5, 5.41) is 0. The number of halogens is 2. The fraction of sp³-hybridized carbons (Fsp3) is 0.154. The molecule has 4 heteroatoms. The normalized spacial score (nSPS) is 10.6. The molecule has 2 aromatic rings. The first kappa shape index (κ1) is 13.2. The van der Waals surface area contributed by atoms with Crippen LogP contribution in [0.3, 0.4) is 0 Å². The lowest BCUT2D eigenvalue weighted by Crippen LogP contribution is -2.02. The molecule has 0 unspecified atom stereocenters. The SMILES string of the molecule is Cc1cccc(C(=O)c2cc(Br)c(C)s2)c1I. The van der Waals surface area contributed by atoms with Crippen LogP contribution in [0.15, 0.2) is 28.7 Å². The molecular formula is C13H10BrIOS. The first-order chi connectivity index (χ1) is 8.00. The maximum Gasteiger partial charge on any atom is 0.204 e. The van der Waals surface area contributed by atoms with Gasteiger partial charge in [0, 0.05) is 18.5 Å². The molecule has 2 rings (SSSR count). The number of aryl methyl sites for hydroxylation is 2. The van der Waals surface area contributed by atoms with E-state index < -0.39 is 0 Å². The monoisotopic (exact) mass is 420 g/mol. The van der Waals surface area contributed by atoms with Crippen LogP contribution in [0.4, 0.5) is 0 Å². The first-order valence-electron chi connectivity index (χ1n) is 5.06. The molecule has 0 aliphatic rings. The fourth-order valence-corrected chi connectivity index (χ4v) is 3.62. The summed E-state index contributed by atoms with van der Waals surface area (Å²) in [5.41, 5.74) is 1.93. The van der Waals surface area contributed by atoms with Crippen LogP contribution < -0.4 is 0 Å². The predicted octanol–water partition coefficient (Wildman–Crippen LogP) is 4.96. The molecule has 0 spiro atoms. The van der Waals surface area contributed by atoms with E-state index in [1.807, 2.05) is 38.1 Å². The van der Waals surface area contributed by atoms with Gasteiger partial charge in [-0.05, 0) is 70.1 Å². The van der Waals surface area contributed by atoms with Gasteiger partial charge in [0.15, 0.2) is 0 Å². The Labute approximate surface area is 127 Å². The van der Waals surface area contributed by atoms with E-state index in [9.17, 15) is 4.79 Å². The Kier molecular flexibility index (Phi) is 4.05. The summed E-state index contributed by atoms with van der Waals surface area (Å²) >= 11 is 7.21. The molecule has 0 aliphatic carbocycles. The van der Waals surface area contributed by atoms with Crippen LogP contribution in [0.2, 0.25) is 0 Å². The zero-order chi connectivity index (χ0) is 12.6. The Balaban J connectivity index is 2.47. The second-order valence-corrected chi connectivity index (χ2v) is 6.97. The van der Waals surface area contributed by atoms with E-state index in [0.29, 0.717) is 0 Å². The van der Waals surface area contributed by atoms with Crippen LogP contribution in [0.1, 0.15) is 25.7 Å². The first-order valence-corrected chi connectivity index (χ1v) is 7.75. The molecule has 0 atom stereocenters. The smallest absolute Gasteiger partial charge is 0.204 e. The number of hydrogen-bond acceptors (Lipinski definition) is 2. The molecule has 1 aromatic carbocycles. The van der Waals surface area contributed by atoms with Gasteiger partial charge in [-0.15, -0.1) is 11.3 Å². The number of ketones is 1. The molecule has 0 saturated heterocycles. The van der Waals surface area contributed by atoms with Crippen molar-refractivity contribution in [3.05, 3.63) is 53.2 Å². The zero-order valence-corrected chi connectivity index (χ0v) is 13.9. The van der Waals surface area contributed by atoms with Gasteiger partial charge in [-0.3, -0.25) is 4.79 Å². The van der Waals surface area contributed by atoms with E-state index in [4.69, 9.17) is 0 Å². The van der Waals surface area contributed by atoms with Crippen molar-refractivity contribution in [2.75, 3.05) is 0 Å². The van der Waals surface area contributed by atoms with Crippen molar-refractivity contribution in [2.24, 2.45) is 0 Å². The van der Waals surface area contributed by atoms with Gasteiger partial charge in [0.05, 0.1) is 4.88 Å². The van der Waals surface area contributed by atoms with Crippen molar-refractivity contribution >= 4 is 55.6 Å². The van der Waals surface area contributed by atoms with E-state index in [2.05, 4.69) is 38.5 Å². The average Bonchev–Trinajstić information content (AvgIpc) is 2.62. The van der Waals surface area contributed by atoms with Crippen molar-refractivity contribution in [3.8, 4) is 0 Å². The highest BCUT2D eigenvalue weighted by Crippen LogP contribution is 2.29. The highest BCUT2D eigenvalue weighted by molar-refractivity contribution is 14.1. The Morgan fingerprint density at radius 3 is 2.65 bits per heavy atom. The summed E-state index contributed by atoms with van der Waals surface area (Å²) in [4.78, 5) is 14.3. The standard InChI is InChI=1S/C13H10BrIOS/c1-7-4-3-5-9(12(7)15)13(16)11-6-10(14)8(2)17-11/h3-6H,1-2H3. The molecule has 0 bridgehead atoms. The highest BCUT2D eigenvalue weighted by Gasteiger charge is 2.16. The Hall–Kier alpha value is -0.200. The molecule has 0 amide bonds. The molecule has 1 nitrogen and oxygen atoms in total. The maximum atomic E-state index is 12.4. The van der Waals surface area contributed by atoms with Crippen LogP contribution in [0.25, 0.3) is 0 Å². The quantitative estimate of drug-likeness (QED) is 0.495. The van der Waals surface area contributed by atoms with Crippen LogP contribution in [-0.4, -0.2) is 5.78 Å². The summed E-state index contributed by atoms with van der Waals surface area (Å²) in [6.07, 6.45) is 0. The van der Waals surface area contributed by atoms with Gasteiger partial charge < -0.3 is 0 Å². The van der Waals surface area contributed by atoms with Gasteiger partial charge in [-0.25, -0.2) is 0 Å². The van der Waals surface area contributed by atoms with Crippen LogP contribution in [0.5, 0.6) is 0 Å². The molecule has 0 aliphatic heterocycles. The number of thiophene rings is 1. The van der Waals surface area contributed by atoms with Gasteiger partial charge in [-0.1, -0.05) is 12.1 Å². The molecular weight excluding hydrogens is 411 g/mol. The minimum absolute atomic E-state index is 0.108. The van der Waals surface area contributed by atoms with Crippen molar-refractivity contribution in [1.82, 2.24) is 0 Å². The molecule has 1 heterocycles. The van der Waals surface area contributed by atoms with Gasteiger partial charge in [0.25, 0.3) is 0 Å². The van der Waals surface area contributed by atoms with Gasteiger partial charge in [0.1, 0.15) is 0 Å². The molecule has 0 radical (unpaired) electrons. The summed E-state index contributed by atoms with van der Waals surface area (Å²) in [6.45, 7) is 4.03. The van der Waals surface area contributed by atoms with Crippen LogP contribution in [0, 0.1) is 17.4 Å². The third-order valence-corrected chi connectivity index (χ3v) is 6.08. The number of benzene rings is 1. The van der Waals surface area contributed by atoms with Crippen molar-refractivity contribution in [1.29, 1.82) is 0 Å². The summed E-state index contributed by atoms with van der Waals surface area (Å²) in [5.74, 6) is 0.108. The second kappa shape index (κ2) is 5.20. The van der Waals surface area contributed by atoms with Crippen molar-refractivity contribution in [2.45, 2.75) is 13.8 Å². The van der Waals surface area contributed by atoms with Crippen molar-refractivity contribution in [3.63, 3.8) is 0 Å². The van der Waals surface area contributed by atoms with Crippen molar-refractivity contribution < 1.29 is 4.79 Å². The van der Waals surface area contributed by atoms with Crippen LogP contribution >= 0.6 is 49.9 Å². The number of hydrogen-bond donors (Lipinski definition) is 0. The largest absolute Gasteiger partial charge is 0.288 e. The lowest BCUT2D eigenvalue weighted by Gasteiger charge is -2.04. The van der Waals surface area contributed by atoms with Crippen LogP contribution in [-0.2, 0) is 0 Å². The highest BCUT2D eigenvalue weighted by atomic mass is 127. The molecule has 17 heavy (non-hydrogen) atoms. The number of carbonyl (C=O) groups excluding carboxylic acids is 1. The van der Waals surface area contributed by atoms with Gasteiger partial charge >= 0.3 is 0 Å². The third-order valence-electron chi connectivity index (χ3n) is 2.52. The third kappa shape index (κ3) is 2.63. The molecule has 0 saturated carbocycles. The van der Waals surface area contributed by atoms with E-state index >= 15 is 0 Å². The van der Waals surface area contributed by atoms with Gasteiger partial charge in [0.2, 0.25) is 5.78 Å². The summed E-state index contributed by atoms with van der Waals surface area (Å²) in [7, 11) is 0. The maximum absolute atomic E-state index is 12.4. The Morgan fingerprint density at radius 1 is 1.35 bits per heavy atom.